The van der Waals surface area contributed by atoms with E-state index in [-0.39, 0.29) is 5.38 Å². The second-order valence-electron chi connectivity index (χ2n) is 2.76. The molecule has 0 radical (unpaired) electrons. The summed E-state index contributed by atoms with van der Waals surface area (Å²) >= 11 is 9.34. The van der Waals surface area contributed by atoms with Gasteiger partial charge in [0.15, 0.2) is 0 Å². The number of hydrogen-bond donors (Lipinski definition) is 2. The Morgan fingerprint density at radius 3 is 2.57 bits per heavy atom. The summed E-state index contributed by atoms with van der Waals surface area (Å²) in [7, 11) is 0. The summed E-state index contributed by atoms with van der Waals surface area (Å²) in [5, 5.41) is 2.20. The van der Waals surface area contributed by atoms with Crippen molar-refractivity contribution in [1.82, 2.24) is 5.32 Å². The van der Waals surface area contributed by atoms with Crippen LogP contribution in [0.5, 0.6) is 0 Å². The van der Waals surface area contributed by atoms with Gasteiger partial charge in [-0.15, -0.1) is 11.6 Å². The number of amides is 2. The van der Waals surface area contributed by atoms with Crippen LogP contribution in [0.3, 0.4) is 0 Å². The maximum atomic E-state index is 10.4. The third-order valence-corrected chi connectivity index (χ3v) is 2.62. The summed E-state index contributed by atoms with van der Waals surface area (Å²) in [6, 6.07) is 7.02. The van der Waals surface area contributed by atoms with Crippen molar-refractivity contribution >= 4 is 33.6 Å². The molecule has 0 aliphatic heterocycles. The van der Waals surface area contributed by atoms with Crippen LogP contribution in [0, 0.1) is 0 Å². The second kappa shape index (κ2) is 5.22. The lowest BCUT2D eigenvalue weighted by atomic mass is 10.1. The topological polar surface area (TPSA) is 55.1 Å². The Morgan fingerprint density at radius 1 is 1.50 bits per heavy atom. The molecule has 0 aromatic heterocycles. The number of carbonyl (C=O) groups excluding carboxylic acids is 1. The van der Waals surface area contributed by atoms with Crippen LogP contribution < -0.4 is 11.1 Å². The summed E-state index contributed by atoms with van der Waals surface area (Å²) in [4.78, 5) is 10.4. The van der Waals surface area contributed by atoms with Gasteiger partial charge in [0.2, 0.25) is 0 Å². The molecule has 14 heavy (non-hydrogen) atoms. The van der Waals surface area contributed by atoms with E-state index in [1.807, 2.05) is 24.3 Å². The lowest BCUT2D eigenvalue weighted by Gasteiger charge is -2.09. The second-order valence-corrected chi connectivity index (χ2v) is 4.21. The van der Waals surface area contributed by atoms with Crippen LogP contribution in [0.2, 0.25) is 0 Å². The van der Waals surface area contributed by atoms with Gasteiger partial charge in [-0.05, 0) is 17.7 Å². The molecule has 0 heterocycles. The number of nitrogens with two attached hydrogens (primary N) is 1. The fourth-order valence-corrected chi connectivity index (χ4v) is 1.47. The molecule has 2 amide bonds. The van der Waals surface area contributed by atoms with Crippen molar-refractivity contribution in [2.75, 3.05) is 6.54 Å². The molecule has 0 bridgehead atoms. The zero-order valence-corrected chi connectivity index (χ0v) is 9.68. The molecule has 1 atom stereocenters. The number of benzene rings is 1. The van der Waals surface area contributed by atoms with Gasteiger partial charge in [0.25, 0.3) is 0 Å². The highest BCUT2D eigenvalue weighted by molar-refractivity contribution is 9.10. The summed E-state index contributed by atoms with van der Waals surface area (Å²) in [5.41, 5.74) is 5.87. The number of urea groups is 1. The molecular formula is C9H10BrClN2O. The number of carbonyl (C=O) groups is 1. The molecule has 5 heteroatoms. The van der Waals surface area contributed by atoms with Crippen molar-refractivity contribution in [1.29, 1.82) is 0 Å². The van der Waals surface area contributed by atoms with E-state index in [9.17, 15) is 4.79 Å². The van der Waals surface area contributed by atoms with Crippen molar-refractivity contribution < 1.29 is 4.79 Å². The van der Waals surface area contributed by atoms with Gasteiger partial charge in [0.05, 0.1) is 5.38 Å². The molecule has 1 aromatic carbocycles. The van der Waals surface area contributed by atoms with Crippen molar-refractivity contribution in [3.05, 3.63) is 34.3 Å². The number of rotatable bonds is 3. The highest BCUT2D eigenvalue weighted by Gasteiger charge is 2.07. The van der Waals surface area contributed by atoms with Gasteiger partial charge < -0.3 is 11.1 Å². The van der Waals surface area contributed by atoms with E-state index in [0.717, 1.165) is 10.0 Å². The van der Waals surface area contributed by atoms with E-state index in [1.54, 1.807) is 0 Å². The first-order chi connectivity index (χ1) is 6.59. The first-order valence-electron chi connectivity index (χ1n) is 4.02. The molecule has 0 fully saturated rings. The highest BCUT2D eigenvalue weighted by Crippen LogP contribution is 2.21. The molecule has 0 spiro atoms. The van der Waals surface area contributed by atoms with Gasteiger partial charge in [0, 0.05) is 11.0 Å². The zero-order valence-electron chi connectivity index (χ0n) is 7.34. The Kier molecular flexibility index (Phi) is 4.22. The van der Waals surface area contributed by atoms with E-state index < -0.39 is 6.03 Å². The summed E-state index contributed by atoms with van der Waals surface area (Å²) in [6.45, 7) is 0.332. The Morgan fingerprint density at radius 2 is 2.07 bits per heavy atom. The Bertz CT molecular complexity index is 315. The first kappa shape index (κ1) is 11.3. The van der Waals surface area contributed by atoms with Crippen LogP contribution >= 0.6 is 27.5 Å². The van der Waals surface area contributed by atoms with Gasteiger partial charge in [0.1, 0.15) is 0 Å². The SMILES string of the molecule is NC(=O)NCC(Cl)c1ccc(Br)cc1. The molecule has 0 saturated heterocycles. The molecule has 0 aliphatic carbocycles. The number of hydrogen-bond acceptors (Lipinski definition) is 1. The zero-order chi connectivity index (χ0) is 10.6. The van der Waals surface area contributed by atoms with Crippen LogP contribution in [0.1, 0.15) is 10.9 Å². The normalized spacial score (nSPS) is 12.1. The van der Waals surface area contributed by atoms with Crippen molar-refractivity contribution in [3.8, 4) is 0 Å². The standard InChI is InChI=1S/C9H10BrClN2O/c10-7-3-1-6(2-4-7)8(11)5-13-9(12)14/h1-4,8H,5H2,(H3,12,13,14). The van der Waals surface area contributed by atoms with Crippen molar-refractivity contribution in [2.24, 2.45) is 5.73 Å². The maximum absolute atomic E-state index is 10.4. The average Bonchev–Trinajstić information content (AvgIpc) is 2.15. The van der Waals surface area contributed by atoms with Gasteiger partial charge in [-0.3, -0.25) is 0 Å². The molecule has 76 valence electrons. The average molecular weight is 278 g/mol. The summed E-state index contributed by atoms with van der Waals surface area (Å²) in [6.07, 6.45) is 0. The fraction of sp³-hybridized carbons (Fsp3) is 0.222. The van der Waals surface area contributed by atoms with Crippen molar-refractivity contribution in [3.63, 3.8) is 0 Å². The third-order valence-electron chi connectivity index (χ3n) is 1.69. The van der Waals surface area contributed by atoms with E-state index in [2.05, 4.69) is 21.2 Å². The number of halogens is 2. The maximum Gasteiger partial charge on any atom is 0.312 e. The molecule has 0 aliphatic rings. The Labute approximate surface area is 95.7 Å². The number of primary amides is 1. The van der Waals surface area contributed by atoms with Crippen molar-refractivity contribution in [2.45, 2.75) is 5.38 Å². The summed E-state index contributed by atoms with van der Waals surface area (Å²) in [5.74, 6) is 0. The van der Waals surface area contributed by atoms with Crippen LogP contribution in [0.15, 0.2) is 28.7 Å². The monoisotopic (exact) mass is 276 g/mol. The molecule has 3 N–H and O–H groups in total. The fourth-order valence-electron chi connectivity index (χ4n) is 0.980. The van der Waals surface area contributed by atoms with E-state index >= 15 is 0 Å². The molecule has 1 unspecified atom stereocenters. The van der Waals surface area contributed by atoms with E-state index in [4.69, 9.17) is 17.3 Å². The predicted molar refractivity (Wildman–Crippen MR) is 60.3 cm³/mol. The van der Waals surface area contributed by atoms with Gasteiger partial charge >= 0.3 is 6.03 Å². The molecule has 3 nitrogen and oxygen atoms in total. The van der Waals surface area contributed by atoms with E-state index in [0.29, 0.717) is 6.54 Å². The lowest BCUT2D eigenvalue weighted by Crippen LogP contribution is -2.31. The van der Waals surface area contributed by atoms with E-state index in [1.165, 1.54) is 0 Å². The van der Waals surface area contributed by atoms with Crippen LogP contribution in [0.4, 0.5) is 4.79 Å². The quantitative estimate of drug-likeness (QED) is 0.819. The van der Waals surface area contributed by atoms with Crippen LogP contribution in [0.25, 0.3) is 0 Å². The Balaban J connectivity index is 2.56. The van der Waals surface area contributed by atoms with Gasteiger partial charge in [-0.2, -0.15) is 0 Å². The van der Waals surface area contributed by atoms with Crippen LogP contribution in [-0.2, 0) is 0 Å². The third kappa shape index (κ3) is 3.55. The minimum atomic E-state index is -0.562. The van der Waals surface area contributed by atoms with Gasteiger partial charge in [-0.1, -0.05) is 28.1 Å². The van der Waals surface area contributed by atoms with Crippen LogP contribution in [-0.4, -0.2) is 12.6 Å². The molecule has 1 rings (SSSR count). The smallest absolute Gasteiger partial charge is 0.312 e. The summed E-state index contributed by atoms with van der Waals surface area (Å²) < 4.78 is 0.993. The highest BCUT2D eigenvalue weighted by atomic mass is 79.9. The molecular weight excluding hydrogens is 267 g/mol. The minimum absolute atomic E-state index is 0.254. The molecule has 1 aromatic rings. The predicted octanol–water partition coefficient (Wildman–Crippen LogP) is 2.40. The number of nitrogens with one attached hydrogen (secondary N) is 1. The largest absolute Gasteiger partial charge is 0.352 e. The minimum Gasteiger partial charge on any atom is -0.352 e. The number of alkyl halides is 1. The van der Waals surface area contributed by atoms with Gasteiger partial charge in [-0.25, -0.2) is 4.79 Å². The Hall–Kier alpha value is -0.740. The lowest BCUT2D eigenvalue weighted by molar-refractivity contribution is 0.249. The molecule has 0 saturated carbocycles. The first-order valence-corrected chi connectivity index (χ1v) is 5.25.